The third-order valence-corrected chi connectivity index (χ3v) is 4.34. The number of aromatic amines is 1. The molecule has 1 aromatic carbocycles. The van der Waals surface area contributed by atoms with E-state index in [9.17, 15) is 5.26 Å². The smallest absolute Gasteiger partial charge is 0.149 e. The van der Waals surface area contributed by atoms with Crippen molar-refractivity contribution < 1.29 is 0 Å². The number of fused-ring (bicyclic) bond motifs is 1. The van der Waals surface area contributed by atoms with E-state index in [4.69, 9.17) is 0 Å². The fourth-order valence-electron chi connectivity index (χ4n) is 2.05. The average Bonchev–Trinajstić information content (AvgIpc) is 3.00. The zero-order valence-electron chi connectivity index (χ0n) is 11.3. The normalized spacial score (nSPS) is 11.8. The standard InChI is InChI=1S/C16H13N3S/c1-10-7-13(20-11(10)2)8-12(9-17)16-18-14-5-3-4-6-15(14)19-16/h3-8H,1-2H3,(H,18,19)/b12-8+. The second-order valence-electron chi connectivity index (χ2n) is 4.66. The summed E-state index contributed by atoms with van der Waals surface area (Å²) in [5, 5.41) is 9.37. The van der Waals surface area contributed by atoms with Crippen LogP contribution in [-0.2, 0) is 0 Å². The topological polar surface area (TPSA) is 52.5 Å². The molecule has 0 saturated carbocycles. The quantitative estimate of drug-likeness (QED) is 0.711. The van der Waals surface area contributed by atoms with Gasteiger partial charge in [0.25, 0.3) is 0 Å². The number of nitrogens with zero attached hydrogens (tertiary/aromatic N) is 2. The second kappa shape index (κ2) is 4.95. The molecule has 0 unspecified atom stereocenters. The molecule has 2 heterocycles. The van der Waals surface area contributed by atoms with Gasteiger partial charge in [0, 0.05) is 9.75 Å². The predicted octanol–water partition coefficient (Wildman–Crippen LogP) is 4.31. The Kier molecular flexibility index (Phi) is 3.13. The second-order valence-corrected chi connectivity index (χ2v) is 5.95. The van der Waals surface area contributed by atoms with Gasteiger partial charge in [-0.3, -0.25) is 0 Å². The van der Waals surface area contributed by atoms with E-state index in [0.717, 1.165) is 15.9 Å². The van der Waals surface area contributed by atoms with E-state index in [0.29, 0.717) is 11.4 Å². The first-order valence-corrected chi connectivity index (χ1v) is 7.13. The molecule has 3 rings (SSSR count). The first-order valence-electron chi connectivity index (χ1n) is 6.31. The summed E-state index contributed by atoms with van der Waals surface area (Å²) in [6.45, 7) is 4.17. The number of imidazole rings is 1. The van der Waals surface area contributed by atoms with Crippen molar-refractivity contribution >= 4 is 34.0 Å². The van der Waals surface area contributed by atoms with E-state index in [2.05, 4.69) is 36.0 Å². The summed E-state index contributed by atoms with van der Waals surface area (Å²) in [7, 11) is 0. The van der Waals surface area contributed by atoms with Crippen molar-refractivity contribution in [3.05, 3.63) is 51.5 Å². The first kappa shape index (κ1) is 12.6. The summed E-state index contributed by atoms with van der Waals surface area (Å²) >= 11 is 1.69. The number of hydrogen-bond acceptors (Lipinski definition) is 3. The van der Waals surface area contributed by atoms with Crippen LogP contribution in [-0.4, -0.2) is 9.97 Å². The van der Waals surface area contributed by atoms with Crippen LogP contribution >= 0.6 is 11.3 Å². The fourth-order valence-corrected chi connectivity index (χ4v) is 3.04. The van der Waals surface area contributed by atoms with Gasteiger partial charge in [0.15, 0.2) is 0 Å². The number of thiophene rings is 1. The molecule has 0 aliphatic heterocycles. The summed E-state index contributed by atoms with van der Waals surface area (Å²) in [6, 6.07) is 12.1. The lowest BCUT2D eigenvalue weighted by Crippen LogP contribution is -1.83. The maximum Gasteiger partial charge on any atom is 0.149 e. The van der Waals surface area contributed by atoms with Gasteiger partial charge in [-0.05, 0) is 43.7 Å². The fraction of sp³-hybridized carbons (Fsp3) is 0.125. The molecule has 0 spiro atoms. The third-order valence-electron chi connectivity index (χ3n) is 3.24. The Morgan fingerprint density at radius 3 is 2.80 bits per heavy atom. The van der Waals surface area contributed by atoms with Gasteiger partial charge in [-0.2, -0.15) is 5.26 Å². The summed E-state index contributed by atoms with van der Waals surface area (Å²) in [6.07, 6.45) is 1.89. The van der Waals surface area contributed by atoms with Crippen molar-refractivity contribution in [3.8, 4) is 6.07 Å². The molecule has 0 fully saturated rings. The number of aryl methyl sites for hydroxylation is 2. The van der Waals surface area contributed by atoms with Crippen LogP contribution in [0.2, 0.25) is 0 Å². The lowest BCUT2D eigenvalue weighted by atomic mass is 10.2. The third kappa shape index (κ3) is 2.24. The van der Waals surface area contributed by atoms with Crippen LogP contribution in [0.15, 0.2) is 30.3 Å². The number of nitrogens with one attached hydrogen (secondary N) is 1. The summed E-state index contributed by atoms with van der Waals surface area (Å²) < 4.78 is 0. The van der Waals surface area contributed by atoms with Crippen molar-refractivity contribution in [1.82, 2.24) is 9.97 Å². The van der Waals surface area contributed by atoms with Crippen LogP contribution < -0.4 is 0 Å². The Morgan fingerprint density at radius 1 is 1.35 bits per heavy atom. The number of allylic oxidation sites excluding steroid dienone is 1. The van der Waals surface area contributed by atoms with Gasteiger partial charge in [0.1, 0.15) is 11.9 Å². The molecule has 3 nitrogen and oxygen atoms in total. The maximum atomic E-state index is 9.37. The molecule has 98 valence electrons. The minimum atomic E-state index is 0.558. The molecule has 4 heteroatoms. The molecule has 0 radical (unpaired) electrons. The molecule has 20 heavy (non-hydrogen) atoms. The van der Waals surface area contributed by atoms with Crippen LogP contribution in [0.25, 0.3) is 22.7 Å². The molecule has 0 aliphatic carbocycles. The molecule has 1 N–H and O–H groups in total. The van der Waals surface area contributed by atoms with Gasteiger partial charge in [0.2, 0.25) is 0 Å². The largest absolute Gasteiger partial charge is 0.337 e. The van der Waals surface area contributed by atoms with Gasteiger partial charge < -0.3 is 4.98 Å². The molecule has 0 saturated heterocycles. The average molecular weight is 279 g/mol. The number of benzene rings is 1. The number of nitriles is 1. The Bertz CT molecular complexity index is 794. The van der Waals surface area contributed by atoms with Gasteiger partial charge in [0.05, 0.1) is 16.6 Å². The summed E-state index contributed by atoms with van der Waals surface area (Å²) in [5.41, 5.74) is 3.63. The molecular weight excluding hydrogens is 266 g/mol. The van der Waals surface area contributed by atoms with E-state index in [1.807, 2.05) is 30.3 Å². The lowest BCUT2D eigenvalue weighted by Gasteiger charge is -1.91. The number of rotatable bonds is 2. The van der Waals surface area contributed by atoms with Crippen LogP contribution in [0.5, 0.6) is 0 Å². The highest BCUT2D eigenvalue weighted by atomic mass is 32.1. The Balaban J connectivity index is 2.07. The SMILES string of the molecule is Cc1cc(/C=C(\C#N)c2nc3ccccc3[nH]2)sc1C. The number of hydrogen-bond donors (Lipinski definition) is 1. The Morgan fingerprint density at radius 2 is 2.15 bits per heavy atom. The molecule has 3 aromatic rings. The summed E-state index contributed by atoms with van der Waals surface area (Å²) in [4.78, 5) is 10.0. The molecule has 0 amide bonds. The van der Waals surface area contributed by atoms with Crippen molar-refractivity contribution in [2.45, 2.75) is 13.8 Å². The number of aromatic nitrogens is 2. The predicted molar refractivity (Wildman–Crippen MR) is 83.4 cm³/mol. The van der Waals surface area contributed by atoms with Gasteiger partial charge in [-0.1, -0.05) is 12.1 Å². The molecule has 0 atom stereocenters. The Labute approximate surface area is 121 Å². The van der Waals surface area contributed by atoms with E-state index in [1.165, 1.54) is 10.4 Å². The van der Waals surface area contributed by atoms with Gasteiger partial charge in [-0.15, -0.1) is 11.3 Å². The summed E-state index contributed by atoms with van der Waals surface area (Å²) in [5.74, 6) is 0.623. The number of H-pyrrole nitrogens is 1. The zero-order chi connectivity index (χ0) is 14.1. The lowest BCUT2D eigenvalue weighted by molar-refractivity contribution is 1.27. The van der Waals surface area contributed by atoms with Crippen LogP contribution in [0, 0.1) is 25.2 Å². The van der Waals surface area contributed by atoms with E-state index >= 15 is 0 Å². The van der Waals surface area contributed by atoms with Crippen LogP contribution in [0.4, 0.5) is 0 Å². The van der Waals surface area contributed by atoms with Crippen molar-refractivity contribution in [2.24, 2.45) is 0 Å². The minimum Gasteiger partial charge on any atom is -0.337 e. The first-order chi connectivity index (χ1) is 9.67. The molecule has 0 aliphatic rings. The highest BCUT2D eigenvalue weighted by Crippen LogP contribution is 2.25. The van der Waals surface area contributed by atoms with Crippen molar-refractivity contribution in [2.75, 3.05) is 0 Å². The number of para-hydroxylation sites is 2. The maximum absolute atomic E-state index is 9.37. The van der Waals surface area contributed by atoms with Crippen molar-refractivity contribution in [3.63, 3.8) is 0 Å². The van der Waals surface area contributed by atoms with Crippen molar-refractivity contribution in [1.29, 1.82) is 5.26 Å². The molecule has 0 bridgehead atoms. The van der Waals surface area contributed by atoms with Gasteiger partial charge in [-0.25, -0.2) is 4.98 Å². The monoisotopic (exact) mass is 279 g/mol. The molecule has 2 aromatic heterocycles. The van der Waals surface area contributed by atoms with Gasteiger partial charge >= 0.3 is 0 Å². The van der Waals surface area contributed by atoms with Crippen LogP contribution in [0.3, 0.4) is 0 Å². The van der Waals surface area contributed by atoms with Crippen LogP contribution in [0.1, 0.15) is 21.1 Å². The molecular formula is C16H13N3S. The Hall–Kier alpha value is -2.38. The van der Waals surface area contributed by atoms with E-state index < -0.39 is 0 Å². The van der Waals surface area contributed by atoms with E-state index in [1.54, 1.807) is 11.3 Å². The highest BCUT2D eigenvalue weighted by Gasteiger charge is 2.08. The minimum absolute atomic E-state index is 0.558. The highest BCUT2D eigenvalue weighted by molar-refractivity contribution is 7.13. The van der Waals surface area contributed by atoms with E-state index in [-0.39, 0.29) is 0 Å². The zero-order valence-corrected chi connectivity index (χ0v) is 12.1.